The van der Waals surface area contributed by atoms with E-state index in [0.717, 1.165) is 13.0 Å². The van der Waals surface area contributed by atoms with Crippen LogP contribution in [-0.4, -0.2) is 42.8 Å². The van der Waals surface area contributed by atoms with Crippen molar-refractivity contribution in [1.82, 2.24) is 10.2 Å². The molecule has 4 nitrogen and oxygen atoms in total. The number of carbonyl (C=O) groups excluding carboxylic acids is 1. The molecule has 1 aromatic carbocycles. The van der Waals surface area contributed by atoms with E-state index < -0.39 is 0 Å². The molecule has 1 amide bonds. The van der Waals surface area contributed by atoms with Gasteiger partial charge in [0, 0.05) is 13.2 Å². The van der Waals surface area contributed by atoms with E-state index in [9.17, 15) is 4.79 Å². The van der Waals surface area contributed by atoms with Gasteiger partial charge in [-0.2, -0.15) is 0 Å². The average Bonchev–Trinajstić information content (AvgIpc) is 2.71. The number of ether oxygens (including phenoxy) is 1. The van der Waals surface area contributed by atoms with Crippen LogP contribution in [0.2, 0.25) is 0 Å². The SMILES string of the molecule is CC(C)COCCN1C(=O)C(Cc2ccccc2)NC1C. The molecular formula is C17H26N2O2. The third kappa shape index (κ3) is 4.55. The molecule has 1 fully saturated rings. The summed E-state index contributed by atoms with van der Waals surface area (Å²) in [5.41, 5.74) is 1.19. The number of amides is 1. The lowest BCUT2D eigenvalue weighted by atomic mass is 10.1. The predicted octanol–water partition coefficient (Wildman–Crippen LogP) is 2.05. The Morgan fingerprint density at radius 2 is 2.00 bits per heavy atom. The molecule has 1 saturated heterocycles. The lowest BCUT2D eigenvalue weighted by Gasteiger charge is -2.20. The van der Waals surface area contributed by atoms with Crippen molar-refractivity contribution in [3.05, 3.63) is 35.9 Å². The molecule has 1 heterocycles. The van der Waals surface area contributed by atoms with Crippen molar-refractivity contribution >= 4 is 5.91 Å². The van der Waals surface area contributed by atoms with Gasteiger partial charge < -0.3 is 9.64 Å². The lowest BCUT2D eigenvalue weighted by Crippen LogP contribution is -2.37. The maximum absolute atomic E-state index is 12.5. The van der Waals surface area contributed by atoms with Gasteiger partial charge in [0.05, 0.1) is 18.8 Å². The number of nitrogens with zero attached hydrogens (tertiary/aromatic N) is 1. The van der Waals surface area contributed by atoms with Gasteiger partial charge in [-0.1, -0.05) is 44.2 Å². The molecule has 0 saturated carbocycles. The number of hydrogen-bond donors (Lipinski definition) is 1. The van der Waals surface area contributed by atoms with Crippen LogP contribution in [0, 0.1) is 5.92 Å². The molecule has 0 spiro atoms. The Balaban J connectivity index is 1.83. The Hall–Kier alpha value is -1.39. The first kappa shape index (κ1) is 16.0. The maximum atomic E-state index is 12.5. The number of benzene rings is 1. The summed E-state index contributed by atoms with van der Waals surface area (Å²) in [5, 5.41) is 3.37. The van der Waals surface area contributed by atoms with Gasteiger partial charge in [0.15, 0.2) is 0 Å². The minimum atomic E-state index is -0.118. The van der Waals surface area contributed by atoms with E-state index in [1.807, 2.05) is 30.0 Å². The van der Waals surface area contributed by atoms with Crippen LogP contribution in [0.1, 0.15) is 26.3 Å². The van der Waals surface area contributed by atoms with Gasteiger partial charge in [0.25, 0.3) is 0 Å². The van der Waals surface area contributed by atoms with Crippen LogP contribution < -0.4 is 5.32 Å². The second-order valence-corrected chi connectivity index (χ2v) is 6.09. The van der Waals surface area contributed by atoms with Crippen LogP contribution in [0.25, 0.3) is 0 Å². The van der Waals surface area contributed by atoms with Gasteiger partial charge >= 0.3 is 0 Å². The van der Waals surface area contributed by atoms with E-state index in [1.54, 1.807) is 0 Å². The van der Waals surface area contributed by atoms with Crippen LogP contribution in [0.15, 0.2) is 30.3 Å². The number of rotatable bonds is 7. The summed E-state index contributed by atoms with van der Waals surface area (Å²) in [6, 6.07) is 10.0. The summed E-state index contributed by atoms with van der Waals surface area (Å²) in [7, 11) is 0. The molecule has 0 aliphatic carbocycles. The van der Waals surface area contributed by atoms with Gasteiger partial charge in [-0.25, -0.2) is 0 Å². The molecule has 4 heteroatoms. The monoisotopic (exact) mass is 290 g/mol. The molecule has 21 heavy (non-hydrogen) atoms. The van der Waals surface area contributed by atoms with E-state index in [1.165, 1.54) is 5.56 Å². The van der Waals surface area contributed by atoms with Crippen LogP contribution in [0.3, 0.4) is 0 Å². The summed E-state index contributed by atoms with van der Waals surface area (Å²) in [6.07, 6.45) is 0.821. The molecule has 2 atom stereocenters. The first-order valence-corrected chi connectivity index (χ1v) is 7.76. The Morgan fingerprint density at radius 1 is 1.29 bits per heavy atom. The molecule has 1 aliphatic heterocycles. The van der Waals surface area contributed by atoms with Crippen molar-refractivity contribution in [2.75, 3.05) is 19.8 Å². The highest BCUT2D eigenvalue weighted by Gasteiger charge is 2.35. The molecule has 2 rings (SSSR count). The first-order chi connectivity index (χ1) is 10.1. The van der Waals surface area contributed by atoms with Crippen molar-refractivity contribution in [2.45, 2.75) is 39.4 Å². The summed E-state index contributed by atoms with van der Waals surface area (Å²) in [5.74, 6) is 0.708. The fourth-order valence-electron chi connectivity index (χ4n) is 2.63. The molecular weight excluding hydrogens is 264 g/mol. The summed E-state index contributed by atoms with van der Waals surface area (Å²) >= 11 is 0. The Morgan fingerprint density at radius 3 is 2.67 bits per heavy atom. The van der Waals surface area contributed by atoms with Crippen molar-refractivity contribution in [2.24, 2.45) is 5.92 Å². The Bertz CT molecular complexity index is 447. The molecule has 116 valence electrons. The third-order valence-corrected chi connectivity index (χ3v) is 3.70. The smallest absolute Gasteiger partial charge is 0.241 e. The van der Waals surface area contributed by atoms with Crippen molar-refractivity contribution < 1.29 is 9.53 Å². The topological polar surface area (TPSA) is 41.6 Å². The highest BCUT2D eigenvalue weighted by molar-refractivity contribution is 5.84. The summed E-state index contributed by atoms with van der Waals surface area (Å²) in [6.45, 7) is 8.30. The number of hydrogen-bond acceptors (Lipinski definition) is 3. The highest BCUT2D eigenvalue weighted by Crippen LogP contribution is 2.14. The second-order valence-electron chi connectivity index (χ2n) is 6.09. The maximum Gasteiger partial charge on any atom is 0.241 e. The molecule has 0 radical (unpaired) electrons. The molecule has 0 aromatic heterocycles. The molecule has 0 bridgehead atoms. The average molecular weight is 290 g/mol. The molecule has 2 unspecified atom stereocenters. The van der Waals surface area contributed by atoms with Gasteiger partial charge in [-0.15, -0.1) is 0 Å². The summed E-state index contributed by atoms with van der Waals surface area (Å²) in [4.78, 5) is 14.3. The Labute approximate surface area is 127 Å². The predicted molar refractivity (Wildman–Crippen MR) is 83.9 cm³/mol. The van der Waals surface area contributed by atoms with Crippen molar-refractivity contribution in [3.63, 3.8) is 0 Å². The number of carbonyl (C=O) groups is 1. The zero-order chi connectivity index (χ0) is 15.2. The zero-order valence-corrected chi connectivity index (χ0v) is 13.2. The van der Waals surface area contributed by atoms with Gasteiger partial charge in [0.2, 0.25) is 5.91 Å². The molecule has 1 aromatic rings. The van der Waals surface area contributed by atoms with Crippen LogP contribution in [0.4, 0.5) is 0 Å². The van der Waals surface area contributed by atoms with Crippen molar-refractivity contribution in [3.8, 4) is 0 Å². The minimum Gasteiger partial charge on any atom is -0.379 e. The van der Waals surface area contributed by atoms with Gasteiger partial charge in [0.1, 0.15) is 0 Å². The normalized spacial score (nSPS) is 22.3. The lowest BCUT2D eigenvalue weighted by molar-refractivity contribution is -0.130. The largest absolute Gasteiger partial charge is 0.379 e. The quantitative estimate of drug-likeness (QED) is 0.782. The third-order valence-electron chi connectivity index (χ3n) is 3.70. The second kappa shape index (κ2) is 7.57. The molecule has 1 aliphatic rings. The van der Waals surface area contributed by atoms with E-state index >= 15 is 0 Å². The minimum absolute atomic E-state index is 0.0777. The Kier molecular flexibility index (Phi) is 5.76. The van der Waals surface area contributed by atoms with Gasteiger partial charge in [-0.3, -0.25) is 10.1 Å². The number of nitrogens with one attached hydrogen (secondary N) is 1. The fourth-order valence-corrected chi connectivity index (χ4v) is 2.63. The molecule has 1 N–H and O–H groups in total. The van der Waals surface area contributed by atoms with Gasteiger partial charge in [-0.05, 0) is 24.8 Å². The van der Waals surface area contributed by atoms with E-state index in [2.05, 4.69) is 31.3 Å². The van der Waals surface area contributed by atoms with E-state index in [-0.39, 0.29) is 18.1 Å². The zero-order valence-electron chi connectivity index (χ0n) is 13.2. The first-order valence-electron chi connectivity index (χ1n) is 7.76. The standard InChI is InChI=1S/C17H26N2O2/c1-13(2)12-21-10-9-19-14(3)18-16(17(19)20)11-15-7-5-4-6-8-15/h4-8,13-14,16,18H,9-12H2,1-3H3. The van der Waals surface area contributed by atoms with Crippen LogP contribution in [-0.2, 0) is 16.0 Å². The van der Waals surface area contributed by atoms with Crippen molar-refractivity contribution in [1.29, 1.82) is 0 Å². The highest BCUT2D eigenvalue weighted by atomic mass is 16.5. The fraction of sp³-hybridized carbons (Fsp3) is 0.588. The van der Waals surface area contributed by atoms with Crippen LogP contribution in [0.5, 0.6) is 0 Å². The van der Waals surface area contributed by atoms with E-state index in [0.29, 0.717) is 19.1 Å². The van der Waals surface area contributed by atoms with E-state index in [4.69, 9.17) is 4.74 Å². The summed E-state index contributed by atoms with van der Waals surface area (Å²) < 4.78 is 5.59. The van der Waals surface area contributed by atoms with Crippen LogP contribution >= 0.6 is 0 Å².